The first kappa shape index (κ1) is 19.1. The van der Waals surface area contributed by atoms with Crippen molar-refractivity contribution < 1.29 is 4.79 Å². The fourth-order valence-corrected chi connectivity index (χ4v) is 3.62. The molecule has 0 aliphatic rings. The van der Waals surface area contributed by atoms with E-state index in [1.165, 1.54) is 22.1 Å². The van der Waals surface area contributed by atoms with Crippen LogP contribution in [0.2, 0.25) is 5.02 Å². The Labute approximate surface area is 175 Å². The van der Waals surface area contributed by atoms with Crippen LogP contribution in [0, 0.1) is 6.92 Å². The van der Waals surface area contributed by atoms with E-state index < -0.39 is 0 Å². The van der Waals surface area contributed by atoms with Gasteiger partial charge in [-0.05, 0) is 36.1 Å². The van der Waals surface area contributed by atoms with Crippen LogP contribution >= 0.6 is 22.9 Å². The third-order valence-corrected chi connectivity index (χ3v) is 5.23. The third-order valence-electron chi connectivity index (χ3n) is 4.09. The maximum absolute atomic E-state index is 12.6. The van der Waals surface area contributed by atoms with Crippen LogP contribution in [-0.2, 0) is 11.2 Å². The van der Waals surface area contributed by atoms with E-state index in [4.69, 9.17) is 11.6 Å². The summed E-state index contributed by atoms with van der Waals surface area (Å²) in [5, 5.41) is 9.96. The van der Waals surface area contributed by atoms with E-state index >= 15 is 0 Å². The molecule has 2 N–H and O–H groups in total. The quantitative estimate of drug-likeness (QED) is 0.508. The van der Waals surface area contributed by atoms with E-state index in [9.17, 15) is 9.59 Å². The number of H-pyrrole nitrogens is 1. The van der Waals surface area contributed by atoms with Crippen molar-refractivity contribution >= 4 is 34.7 Å². The van der Waals surface area contributed by atoms with Crippen molar-refractivity contribution in [1.29, 1.82) is 0 Å². The van der Waals surface area contributed by atoms with Crippen LogP contribution in [0.15, 0.2) is 58.7 Å². The number of thiophene rings is 1. The highest BCUT2D eigenvalue weighted by atomic mass is 35.5. The summed E-state index contributed by atoms with van der Waals surface area (Å²) >= 11 is 7.43. The molecule has 0 saturated carbocycles. The summed E-state index contributed by atoms with van der Waals surface area (Å²) in [6.45, 7) is 1.72. The molecule has 29 heavy (non-hydrogen) atoms. The zero-order chi connectivity index (χ0) is 20.4. The molecule has 0 saturated heterocycles. The second kappa shape index (κ2) is 8.02. The van der Waals surface area contributed by atoms with Gasteiger partial charge < -0.3 is 5.32 Å². The Kier molecular flexibility index (Phi) is 5.28. The lowest BCUT2D eigenvalue weighted by Crippen LogP contribution is -2.20. The Morgan fingerprint density at radius 1 is 1.24 bits per heavy atom. The van der Waals surface area contributed by atoms with Crippen LogP contribution in [0.3, 0.4) is 0 Å². The molecule has 0 unspecified atom stereocenters. The summed E-state index contributed by atoms with van der Waals surface area (Å²) in [4.78, 5) is 32.4. The number of aromatic amines is 1. The van der Waals surface area contributed by atoms with Crippen LogP contribution in [-0.4, -0.2) is 25.7 Å². The Bertz CT molecular complexity index is 1210. The fraction of sp³-hybridized carbons (Fsp3) is 0.100. The SMILES string of the molecule is Cc1cc(=O)[nH]c(-n2nc(-c3cccs3)cc2NC(=O)Cc2ccc(Cl)cc2)n1. The molecule has 0 spiro atoms. The molecule has 0 bridgehead atoms. The lowest BCUT2D eigenvalue weighted by atomic mass is 10.1. The molecule has 4 aromatic rings. The highest BCUT2D eigenvalue weighted by Gasteiger charge is 2.16. The van der Waals surface area contributed by atoms with Crippen LogP contribution < -0.4 is 10.9 Å². The standard InChI is InChI=1S/C20H16ClN5O2S/c1-12-9-18(27)24-20(22-12)26-17(11-15(25-26)16-3-2-8-29-16)23-19(28)10-13-4-6-14(21)7-5-13/h2-9,11H,10H2,1H3,(H,23,28)(H,22,24,27). The summed E-state index contributed by atoms with van der Waals surface area (Å²) < 4.78 is 1.43. The molecule has 1 amide bonds. The molecule has 0 aliphatic carbocycles. The van der Waals surface area contributed by atoms with Crippen molar-refractivity contribution in [1.82, 2.24) is 19.7 Å². The van der Waals surface area contributed by atoms with E-state index in [-0.39, 0.29) is 23.8 Å². The highest BCUT2D eigenvalue weighted by Crippen LogP contribution is 2.27. The molecule has 7 nitrogen and oxygen atoms in total. The maximum atomic E-state index is 12.6. The number of anilines is 1. The lowest BCUT2D eigenvalue weighted by molar-refractivity contribution is -0.115. The number of hydrogen-bond donors (Lipinski definition) is 2. The number of carbonyl (C=O) groups is 1. The van der Waals surface area contributed by atoms with Gasteiger partial charge in [-0.3, -0.25) is 14.6 Å². The predicted molar refractivity (Wildman–Crippen MR) is 114 cm³/mol. The van der Waals surface area contributed by atoms with Gasteiger partial charge in [-0.1, -0.05) is 29.8 Å². The topological polar surface area (TPSA) is 92.7 Å². The Balaban J connectivity index is 1.68. The monoisotopic (exact) mass is 425 g/mol. The molecule has 0 aliphatic heterocycles. The van der Waals surface area contributed by atoms with Gasteiger partial charge in [-0.15, -0.1) is 11.3 Å². The zero-order valence-electron chi connectivity index (χ0n) is 15.3. The minimum atomic E-state index is -0.292. The summed E-state index contributed by atoms with van der Waals surface area (Å²) in [7, 11) is 0. The van der Waals surface area contributed by atoms with Gasteiger partial charge in [-0.2, -0.15) is 9.78 Å². The van der Waals surface area contributed by atoms with Crippen molar-refractivity contribution in [3.8, 4) is 16.5 Å². The van der Waals surface area contributed by atoms with Crippen molar-refractivity contribution in [3.05, 3.63) is 80.5 Å². The minimum Gasteiger partial charge on any atom is -0.310 e. The molecule has 1 aromatic carbocycles. The highest BCUT2D eigenvalue weighted by molar-refractivity contribution is 7.13. The summed E-state index contributed by atoms with van der Waals surface area (Å²) in [5.74, 6) is 0.432. The molecular formula is C20H16ClN5O2S. The van der Waals surface area contributed by atoms with Gasteiger partial charge in [0.05, 0.1) is 11.3 Å². The number of aryl methyl sites for hydroxylation is 1. The first-order valence-electron chi connectivity index (χ1n) is 8.74. The van der Waals surface area contributed by atoms with E-state index in [0.29, 0.717) is 22.2 Å². The van der Waals surface area contributed by atoms with Gasteiger partial charge in [0.25, 0.3) is 5.56 Å². The summed E-state index contributed by atoms with van der Waals surface area (Å²) in [6, 6.07) is 14.1. The van der Waals surface area contributed by atoms with E-state index in [2.05, 4.69) is 20.4 Å². The molecular weight excluding hydrogens is 410 g/mol. The second-order valence-corrected chi connectivity index (χ2v) is 7.75. The predicted octanol–water partition coefficient (Wildman–Crippen LogP) is 3.83. The Morgan fingerprint density at radius 3 is 2.72 bits per heavy atom. The second-order valence-electron chi connectivity index (χ2n) is 6.37. The molecule has 0 atom stereocenters. The zero-order valence-corrected chi connectivity index (χ0v) is 16.9. The Morgan fingerprint density at radius 2 is 2.03 bits per heavy atom. The smallest absolute Gasteiger partial charge is 0.252 e. The van der Waals surface area contributed by atoms with Gasteiger partial charge in [-0.25, -0.2) is 4.98 Å². The van der Waals surface area contributed by atoms with Crippen LogP contribution in [0.25, 0.3) is 16.5 Å². The average molecular weight is 426 g/mol. The average Bonchev–Trinajstić information content (AvgIpc) is 3.32. The van der Waals surface area contributed by atoms with Gasteiger partial charge >= 0.3 is 0 Å². The number of nitrogens with zero attached hydrogens (tertiary/aromatic N) is 3. The molecule has 3 heterocycles. The van der Waals surface area contributed by atoms with Gasteiger partial charge in [0.1, 0.15) is 11.5 Å². The summed E-state index contributed by atoms with van der Waals surface area (Å²) in [6.07, 6.45) is 0.175. The fourth-order valence-electron chi connectivity index (χ4n) is 2.81. The molecule has 0 radical (unpaired) electrons. The number of rotatable bonds is 5. The maximum Gasteiger partial charge on any atom is 0.252 e. The molecule has 3 aromatic heterocycles. The third kappa shape index (κ3) is 4.44. The number of aromatic nitrogens is 4. The number of benzene rings is 1. The first-order valence-corrected chi connectivity index (χ1v) is 10.0. The van der Waals surface area contributed by atoms with Crippen molar-refractivity contribution in [2.24, 2.45) is 0 Å². The van der Waals surface area contributed by atoms with E-state index in [1.807, 2.05) is 17.5 Å². The molecule has 0 fully saturated rings. The van der Waals surface area contributed by atoms with Crippen molar-refractivity contribution in [3.63, 3.8) is 0 Å². The van der Waals surface area contributed by atoms with Crippen LogP contribution in [0.1, 0.15) is 11.3 Å². The van der Waals surface area contributed by atoms with Crippen molar-refractivity contribution in [2.75, 3.05) is 5.32 Å². The number of amides is 1. The van der Waals surface area contributed by atoms with E-state index in [1.54, 1.807) is 37.3 Å². The first-order chi connectivity index (χ1) is 14.0. The molecule has 146 valence electrons. The minimum absolute atomic E-state index is 0.175. The number of carbonyl (C=O) groups excluding carboxylic acids is 1. The Hall–Kier alpha value is -3.23. The molecule has 4 rings (SSSR count). The van der Waals surface area contributed by atoms with E-state index in [0.717, 1.165) is 10.4 Å². The van der Waals surface area contributed by atoms with Gasteiger partial charge in [0.2, 0.25) is 11.9 Å². The number of nitrogens with one attached hydrogen (secondary N) is 2. The molecule has 9 heteroatoms. The largest absolute Gasteiger partial charge is 0.310 e. The van der Waals surface area contributed by atoms with Crippen LogP contribution in [0.5, 0.6) is 0 Å². The van der Waals surface area contributed by atoms with Crippen molar-refractivity contribution in [2.45, 2.75) is 13.3 Å². The number of halogens is 1. The van der Waals surface area contributed by atoms with Crippen LogP contribution in [0.4, 0.5) is 5.82 Å². The normalized spacial score (nSPS) is 10.8. The summed E-state index contributed by atoms with van der Waals surface area (Å²) in [5.41, 5.74) is 1.76. The number of hydrogen-bond acceptors (Lipinski definition) is 5. The van der Waals surface area contributed by atoms with Gasteiger partial charge in [0, 0.05) is 22.8 Å². The van der Waals surface area contributed by atoms with Gasteiger partial charge in [0.15, 0.2) is 0 Å². The lowest BCUT2D eigenvalue weighted by Gasteiger charge is -2.08.